The van der Waals surface area contributed by atoms with Crippen molar-refractivity contribution in [1.29, 1.82) is 0 Å². The van der Waals surface area contributed by atoms with Crippen LogP contribution in [0.2, 0.25) is 0 Å². The first kappa shape index (κ1) is 16.8. The minimum atomic E-state index is -3.13. The summed E-state index contributed by atoms with van der Waals surface area (Å²) in [4.78, 5) is 24.6. The molecular weight excluding hydrogens is 244 g/mol. The van der Waals surface area contributed by atoms with Crippen molar-refractivity contribution in [2.45, 2.75) is 52.6 Å². The molecule has 18 heavy (non-hydrogen) atoms. The molecule has 4 nitrogen and oxygen atoms in total. The van der Waals surface area contributed by atoms with Crippen molar-refractivity contribution in [2.24, 2.45) is 0 Å². The molecule has 0 fully saturated rings. The Labute approximate surface area is 106 Å². The number of hydrogen-bond acceptors (Lipinski definition) is 3. The SMILES string of the molecule is CCN(CC)C(=O)OC(CC)(CC)C(=O)C(F)F. The van der Waals surface area contributed by atoms with Crippen LogP contribution in [0.15, 0.2) is 0 Å². The van der Waals surface area contributed by atoms with Crippen LogP contribution >= 0.6 is 0 Å². The second-order valence-electron chi connectivity index (χ2n) is 3.91. The molecule has 0 aromatic heterocycles. The van der Waals surface area contributed by atoms with Gasteiger partial charge in [0, 0.05) is 13.1 Å². The van der Waals surface area contributed by atoms with Crippen LogP contribution in [-0.4, -0.2) is 41.9 Å². The lowest BCUT2D eigenvalue weighted by Crippen LogP contribution is -2.48. The van der Waals surface area contributed by atoms with Crippen LogP contribution in [0.3, 0.4) is 0 Å². The van der Waals surface area contributed by atoms with Crippen LogP contribution in [0, 0.1) is 0 Å². The highest BCUT2D eigenvalue weighted by Crippen LogP contribution is 2.26. The molecule has 0 rings (SSSR count). The van der Waals surface area contributed by atoms with Crippen LogP contribution in [0.4, 0.5) is 13.6 Å². The van der Waals surface area contributed by atoms with E-state index >= 15 is 0 Å². The van der Waals surface area contributed by atoms with Gasteiger partial charge in [-0.15, -0.1) is 0 Å². The summed E-state index contributed by atoms with van der Waals surface area (Å²) in [6.45, 7) is 7.42. The van der Waals surface area contributed by atoms with Crippen molar-refractivity contribution in [3.63, 3.8) is 0 Å². The van der Waals surface area contributed by atoms with Gasteiger partial charge in [0.15, 0.2) is 5.60 Å². The summed E-state index contributed by atoms with van der Waals surface area (Å²) >= 11 is 0. The molecule has 0 bridgehead atoms. The average Bonchev–Trinajstić information content (AvgIpc) is 2.36. The Balaban J connectivity index is 5.03. The number of ketones is 1. The number of halogens is 2. The largest absolute Gasteiger partial charge is 0.435 e. The summed E-state index contributed by atoms with van der Waals surface area (Å²) in [5, 5.41) is 0. The normalized spacial score (nSPS) is 11.5. The van der Waals surface area contributed by atoms with Gasteiger partial charge in [0.05, 0.1) is 0 Å². The third-order valence-electron chi connectivity index (χ3n) is 3.09. The van der Waals surface area contributed by atoms with Crippen LogP contribution < -0.4 is 0 Å². The highest BCUT2D eigenvalue weighted by Gasteiger charge is 2.44. The summed E-state index contributed by atoms with van der Waals surface area (Å²) in [5.74, 6) is -1.33. The second kappa shape index (κ2) is 7.28. The number of Topliss-reactive ketones (excluding diaryl/α,β-unsaturated/α-hetero) is 1. The molecule has 0 unspecified atom stereocenters. The molecule has 106 valence electrons. The molecule has 0 aliphatic heterocycles. The molecule has 0 radical (unpaired) electrons. The molecule has 0 spiro atoms. The maximum Gasteiger partial charge on any atom is 0.410 e. The lowest BCUT2D eigenvalue weighted by atomic mass is 9.92. The highest BCUT2D eigenvalue weighted by atomic mass is 19.3. The Kier molecular flexibility index (Phi) is 6.80. The lowest BCUT2D eigenvalue weighted by molar-refractivity contribution is -0.151. The van der Waals surface area contributed by atoms with E-state index in [0.29, 0.717) is 13.1 Å². The van der Waals surface area contributed by atoms with Gasteiger partial charge in [0.2, 0.25) is 5.78 Å². The Hall–Kier alpha value is -1.20. The van der Waals surface area contributed by atoms with Gasteiger partial charge in [-0.1, -0.05) is 13.8 Å². The summed E-state index contributed by atoms with van der Waals surface area (Å²) in [6, 6.07) is 0. The van der Waals surface area contributed by atoms with Crippen molar-refractivity contribution in [1.82, 2.24) is 4.90 Å². The first-order valence-corrected chi connectivity index (χ1v) is 6.18. The Bertz CT molecular complexity index is 287. The van der Waals surface area contributed by atoms with E-state index in [2.05, 4.69) is 0 Å². The standard InChI is InChI=1S/C12H21F2NO3/c1-5-12(6-2,9(16)10(13)14)18-11(17)15(7-3)8-4/h10H,5-8H2,1-4H3. The van der Waals surface area contributed by atoms with Crippen molar-refractivity contribution < 1.29 is 23.1 Å². The first-order chi connectivity index (χ1) is 8.38. The zero-order valence-corrected chi connectivity index (χ0v) is 11.3. The first-order valence-electron chi connectivity index (χ1n) is 6.18. The van der Waals surface area contributed by atoms with E-state index in [-0.39, 0.29) is 12.8 Å². The van der Waals surface area contributed by atoms with E-state index in [0.717, 1.165) is 0 Å². The minimum absolute atomic E-state index is 0.0414. The molecule has 0 heterocycles. The average molecular weight is 265 g/mol. The fraction of sp³-hybridized carbons (Fsp3) is 0.833. The van der Waals surface area contributed by atoms with Gasteiger partial charge in [-0.3, -0.25) is 4.79 Å². The third-order valence-corrected chi connectivity index (χ3v) is 3.09. The van der Waals surface area contributed by atoms with E-state index < -0.39 is 23.9 Å². The minimum Gasteiger partial charge on any atom is -0.435 e. The topological polar surface area (TPSA) is 46.6 Å². The number of carbonyl (C=O) groups excluding carboxylic acids is 2. The number of alkyl halides is 2. The number of hydrogen-bond donors (Lipinski definition) is 0. The van der Waals surface area contributed by atoms with Gasteiger partial charge in [0.25, 0.3) is 6.43 Å². The maximum atomic E-state index is 12.6. The van der Waals surface area contributed by atoms with Crippen molar-refractivity contribution in [3.8, 4) is 0 Å². The molecule has 0 aromatic carbocycles. The zero-order valence-electron chi connectivity index (χ0n) is 11.3. The molecule has 0 aliphatic carbocycles. The van der Waals surface area contributed by atoms with E-state index in [4.69, 9.17) is 4.74 Å². The molecule has 0 aromatic rings. The fourth-order valence-electron chi connectivity index (χ4n) is 1.71. The third kappa shape index (κ3) is 3.65. The summed E-state index contributed by atoms with van der Waals surface area (Å²) in [5.41, 5.74) is -1.71. The van der Waals surface area contributed by atoms with Crippen molar-refractivity contribution in [3.05, 3.63) is 0 Å². The quantitative estimate of drug-likeness (QED) is 0.711. The van der Waals surface area contributed by atoms with E-state index in [1.807, 2.05) is 0 Å². The summed E-state index contributed by atoms with van der Waals surface area (Å²) in [7, 11) is 0. The van der Waals surface area contributed by atoms with Crippen LogP contribution in [0.1, 0.15) is 40.5 Å². The molecule has 1 amide bonds. The molecule has 0 saturated heterocycles. The Morgan fingerprint density at radius 3 is 1.83 bits per heavy atom. The fourth-order valence-corrected chi connectivity index (χ4v) is 1.71. The highest BCUT2D eigenvalue weighted by molar-refractivity contribution is 5.91. The van der Waals surface area contributed by atoms with Crippen LogP contribution in [0.5, 0.6) is 0 Å². The van der Waals surface area contributed by atoms with Gasteiger partial charge < -0.3 is 9.64 Å². The number of ether oxygens (including phenoxy) is 1. The number of rotatable bonds is 7. The molecular formula is C12H21F2NO3. The number of nitrogens with zero attached hydrogens (tertiary/aromatic N) is 1. The van der Waals surface area contributed by atoms with Gasteiger partial charge >= 0.3 is 6.09 Å². The van der Waals surface area contributed by atoms with Gasteiger partial charge in [-0.05, 0) is 26.7 Å². The van der Waals surface area contributed by atoms with Gasteiger partial charge in [0.1, 0.15) is 0 Å². The predicted molar refractivity (Wildman–Crippen MR) is 63.7 cm³/mol. The van der Waals surface area contributed by atoms with Crippen LogP contribution in [0.25, 0.3) is 0 Å². The monoisotopic (exact) mass is 265 g/mol. The summed E-state index contributed by atoms with van der Waals surface area (Å²) in [6.07, 6.45) is -3.77. The molecule has 0 aliphatic rings. The maximum absolute atomic E-state index is 12.6. The Morgan fingerprint density at radius 1 is 1.11 bits per heavy atom. The smallest absolute Gasteiger partial charge is 0.410 e. The van der Waals surface area contributed by atoms with Crippen LogP contribution in [-0.2, 0) is 9.53 Å². The van der Waals surface area contributed by atoms with Crippen molar-refractivity contribution in [2.75, 3.05) is 13.1 Å². The van der Waals surface area contributed by atoms with E-state index in [9.17, 15) is 18.4 Å². The molecule has 6 heteroatoms. The predicted octanol–water partition coefficient (Wildman–Crippen LogP) is 2.86. The lowest BCUT2D eigenvalue weighted by Gasteiger charge is -2.32. The van der Waals surface area contributed by atoms with Gasteiger partial charge in [-0.25, -0.2) is 13.6 Å². The molecule has 0 atom stereocenters. The molecule has 0 saturated carbocycles. The number of carbonyl (C=O) groups is 2. The second-order valence-corrected chi connectivity index (χ2v) is 3.91. The summed E-state index contributed by atoms with van der Waals surface area (Å²) < 4.78 is 30.2. The van der Waals surface area contributed by atoms with E-state index in [1.54, 1.807) is 27.7 Å². The Morgan fingerprint density at radius 2 is 1.56 bits per heavy atom. The zero-order chi connectivity index (χ0) is 14.3. The van der Waals surface area contributed by atoms with E-state index in [1.165, 1.54) is 4.90 Å². The van der Waals surface area contributed by atoms with Crippen molar-refractivity contribution >= 4 is 11.9 Å². The number of amides is 1. The molecule has 0 N–H and O–H groups in total. The van der Waals surface area contributed by atoms with Gasteiger partial charge in [-0.2, -0.15) is 0 Å².